The molecule has 1 aromatic heterocycles. The molecule has 1 heterocycles. The Labute approximate surface area is 114 Å². The molecule has 0 spiro atoms. The van der Waals surface area contributed by atoms with Crippen molar-refractivity contribution in [2.75, 3.05) is 11.6 Å². The molecule has 0 atom stereocenters. The number of nitrogens with one attached hydrogen (secondary N) is 1. The van der Waals surface area contributed by atoms with Crippen molar-refractivity contribution in [3.63, 3.8) is 0 Å². The first kappa shape index (κ1) is 12.7. The van der Waals surface area contributed by atoms with Gasteiger partial charge in [0, 0.05) is 11.1 Å². The zero-order valence-corrected chi connectivity index (χ0v) is 11.4. The van der Waals surface area contributed by atoms with E-state index < -0.39 is 0 Å². The molecule has 0 bridgehead atoms. The van der Waals surface area contributed by atoms with Crippen molar-refractivity contribution < 1.29 is 4.42 Å². The Bertz CT molecular complexity index is 513. The maximum absolute atomic E-state index is 6.05. The van der Waals surface area contributed by atoms with Crippen LogP contribution < -0.4 is 5.32 Å². The molecule has 0 saturated carbocycles. The van der Waals surface area contributed by atoms with Crippen molar-refractivity contribution in [1.29, 1.82) is 0 Å². The molecule has 5 heteroatoms. The summed E-state index contributed by atoms with van der Waals surface area (Å²) in [6.07, 6.45) is 4.81. The maximum atomic E-state index is 6.05. The number of hydrogen-bond acceptors (Lipinski definition) is 3. The molecule has 0 unspecified atom stereocenters. The summed E-state index contributed by atoms with van der Waals surface area (Å²) in [5.74, 6) is 1.71. The quantitative estimate of drug-likeness (QED) is 0.857. The number of anilines is 2. The topological polar surface area (TPSA) is 25.2 Å². The van der Waals surface area contributed by atoms with Gasteiger partial charge >= 0.3 is 0 Å². The van der Waals surface area contributed by atoms with Gasteiger partial charge in [-0.2, -0.15) is 11.8 Å². The van der Waals surface area contributed by atoms with Crippen LogP contribution in [0.5, 0.6) is 0 Å². The summed E-state index contributed by atoms with van der Waals surface area (Å²) >= 11 is 13.6. The predicted octanol–water partition coefficient (Wildman–Crippen LogP) is 4.99. The molecule has 0 aliphatic rings. The predicted molar refractivity (Wildman–Crippen MR) is 74.5 cm³/mol. The number of hydrogen-bond donors (Lipinski definition) is 1. The number of furan rings is 1. The van der Waals surface area contributed by atoms with Crippen LogP contribution in [0.2, 0.25) is 10.0 Å². The molecule has 1 radical (unpaired) electrons. The fourth-order valence-corrected chi connectivity index (χ4v) is 2.23. The molecule has 2 rings (SSSR count). The highest BCUT2D eigenvalue weighted by molar-refractivity contribution is 7.97. The monoisotopic (exact) mass is 286 g/mol. The van der Waals surface area contributed by atoms with E-state index in [-0.39, 0.29) is 0 Å². The molecule has 89 valence electrons. The Morgan fingerprint density at radius 1 is 1.35 bits per heavy atom. The molecular weight excluding hydrogens is 277 g/mol. The summed E-state index contributed by atoms with van der Waals surface area (Å²) in [4.78, 5) is 0. The van der Waals surface area contributed by atoms with Crippen LogP contribution in [-0.2, 0) is 5.75 Å². The summed E-state index contributed by atoms with van der Waals surface area (Å²) in [5, 5.41) is 4.31. The van der Waals surface area contributed by atoms with Gasteiger partial charge in [0.1, 0.15) is 5.76 Å². The molecule has 0 aliphatic carbocycles. The fourth-order valence-electron chi connectivity index (χ4n) is 1.35. The van der Waals surface area contributed by atoms with Gasteiger partial charge in [-0.1, -0.05) is 23.2 Å². The summed E-state index contributed by atoms with van der Waals surface area (Å²) in [7, 11) is 0. The van der Waals surface area contributed by atoms with E-state index >= 15 is 0 Å². The summed E-state index contributed by atoms with van der Waals surface area (Å²) in [6.45, 7) is 0. The average Bonchev–Trinajstić information content (AvgIpc) is 2.71. The number of benzene rings is 1. The maximum Gasteiger partial charge on any atom is 0.195 e. The largest absolute Gasteiger partial charge is 0.455 e. The van der Waals surface area contributed by atoms with Crippen LogP contribution in [0.1, 0.15) is 5.76 Å². The average molecular weight is 287 g/mol. The lowest BCUT2D eigenvalue weighted by molar-refractivity contribution is 0.523. The van der Waals surface area contributed by atoms with Crippen molar-refractivity contribution in [2.45, 2.75) is 5.75 Å². The van der Waals surface area contributed by atoms with Gasteiger partial charge in [-0.25, -0.2) is 0 Å². The highest BCUT2D eigenvalue weighted by Gasteiger charge is 2.05. The smallest absolute Gasteiger partial charge is 0.195 e. The molecule has 17 heavy (non-hydrogen) atoms. The zero-order chi connectivity index (χ0) is 12.3. The van der Waals surface area contributed by atoms with Crippen LogP contribution in [0.25, 0.3) is 0 Å². The Balaban J connectivity index is 2.13. The van der Waals surface area contributed by atoms with E-state index in [9.17, 15) is 0 Å². The lowest BCUT2D eigenvalue weighted by Crippen LogP contribution is -1.89. The Hall–Kier alpha value is -0.770. The first-order valence-electron chi connectivity index (χ1n) is 4.90. The Morgan fingerprint density at radius 3 is 2.88 bits per heavy atom. The van der Waals surface area contributed by atoms with Gasteiger partial charge in [0.25, 0.3) is 0 Å². The second-order valence-corrected chi connectivity index (χ2v) is 5.12. The number of thioether (sulfide) groups is 1. The Morgan fingerprint density at radius 2 is 2.18 bits per heavy atom. The van der Waals surface area contributed by atoms with Crippen molar-refractivity contribution in [2.24, 2.45) is 0 Å². The van der Waals surface area contributed by atoms with Crippen molar-refractivity contribution in [3.05, 3.63) is 46.3 Å². The minimum absolute atomic E-state index is 0.568. The van der Waals surface area contributed by atoms with E-state index in [1.807, 2.05) is 18.4 Å². The number of halogens is 2. The molecule has 0 amide bonds. The van der Waals surface area contributed by atoms with Gasteiger partial charge < -0.3 is 9.73 Å². The van der Waals surface area contributed by atoms with Crippen molar-refractivity contribution in [3.8, 4) is 0 Å². The SMILES string of the molecule is CSCc1cc(Nc2ccc(Cl)cc2Cl)[c]o1. The van der Waals surface area contributed by atoms with E-state index in [1.54, 1.807) is 23.9 Å². The van der Waals surface area contributed by atoms with E-state index in [4.69, 9.17) is 27.6 Å². The van der Waals surface area contributed by atoms with E-state index in [2.05, 4.69) is 11.6 Å². The molecule has 2 nitrogen and oxygen atoms in total. The lowest BCUT2D eigenvalue weighted by atomic mass is 10.3. The van der Waals surface area contributed by atoms with Gasteiger partial charge in [0.2, 0.25) is 0 Å². The second kappa shape index (κ2) is 5.71. The molecular formula is C12H10Cl2NOS. The van der Waals surface area contributed by atoms with Crippen LogP contribution in [0.4, 0.5) is 11.4 Å². The fraction of sp³-hybridized carbons (Fsp3) is 0.167. The number of rotatable bonds is 4. The highest BCUT2D eigenvalue weighted by atomic mass is 35.5. The van der Waals surface area contributed by atoms with Gasteiger partial charge in [-0.3, -0.25) is 0 Å². The van der Waals surface area contributed by atoms with Crippen LogP contribution in [0.15, 0.2) is 28.7 Å². The van der Waals surface area contributed by atoms with Gasteiger partial charge in [0.05, 0.1) is 22.2 Å². The first-order chi connectivity index (χ1) is 8.19. The van der Waals surface area contributed by atoms with Crippen molar-refractivity contribution in [1.82, 2.24) is 0 Å². The van der Waals surface area contributed by atoms with Crippen LogP contribution in [0, 0.1) is 6.26 Å². The molecule has 1 aromatic carbocycles. The van der Waals surface area contributed by atoms with Crippen LogP contribution in [0.3, 0.4) is 0 Å². The molecule has 0 aliphatic heterocycles. The standard InChI is InChI=1S/C12H10Cl2NOS/c1-17-7-10-5-9(6-16-10)15-12-3-2-8(13)4-11(12)14/h2-5,15H,7H2,1H3. The van der Waals surface area contributed by atoms with Gasteiger partial charge in [-0.15, -0.1) is 0 Å². The normalized spacial score (nSPS) is 10.5. The third-order valence-corrected chi connectivity index (χ3v) is 3.21. The zero-order valence-electron chi connectivity index (χ0n) is 9.09. The van der Waals surface area contributed by atoms with E-state index in [1.165, 1.54) is 0 Å². The van der Waals surface area contributed by atoms with Crippen LogP contribution in [-0.4, -0.2) is 6.26 Å². The Kier molecular flexibility index (Phi) is 4.26. The summed E-state index contributed by atoms with van der Waals surface area (Å²) in [5.41, 5.74) is 1.54. The summed E-state index contributed by atoms with van der Waals surface area (Å²) in [6, 6.07) is 7.19. The second-order valence-electron chi connectivity index (χ2n) is 3.41. The van der Waals surface area contributed by atoms with Crippen molar-refractivity contribution >= 4 is 46.3 Å². The molecule has 1 N–H and O–H groups in total. The van der Waals surface area contributed by atoms with Gasteiger partial charge in [-0.05, 0) is 24.5 Å². The minimum atomic E-state index is 0.568. The first-order valence-corrected chi connectivity index (χ1v) is 7.05. The third kappa shape index (κ3) is 3.35. The molecule has 0 fully saturated rings. The van der Waals surface area contributed by atoms with Crippen LogP contribution >= 0.6 is 35.0 Å². The van der Waals surface area contributed by atoms with E-state index in [0.29, 0.717) is 10.0 Å². The molecule has 2 aromatic rings. The van der Waals surface area contributed by atoms with E-state index in [0.717, 1.165) is 22.9 Å². The highest BCUT2D eigenvalue weighted by Crippen LogP contribution is 2.29. The summed E-state index contributed by atoms with van der Waals surface area (Å²) < 4.78 is 5.26. The lowest BCUT2D eigenvalue weighted by Gasteiger charge is -2.05. The minimum Gasteiger partial charge on any atom is -0.455 e. The molecule has 0 saturated heterocycles. The van der Waals surface area contributed by atoms with Gasteiger partial charge in [0.15, 0.2) is 6.26 Å². The third-order valence-electron chi connectivity index (χ3n) is 2.08.